The molecule has 0 atom stereocenters. The van der Waals surface area contributed by atoms with Gasteiger partial charge in [-0.15, -0.1) is 11.3 Å². The Bertz CT molecular complexity index is 879. The zero-order valence-electron chi connectivity index (χ0n) is 17.1. The van der Waals surface area contributed by atoms with Gasteiger partial charge in [-0.05, 0) is 86.3 Å². The summed E-state index contributed by atoms with van der Waals surface area (Å²) in [6.07, 6.45) is 4.99. The summed E-state index contributed by atoms with van der Waals surface area (Å²) in [5, 5.41) is 9.06. The molecule has 4 heterocycles. The second-order valence-corrected chi connectivity index (χ2v) is 9.66. The number of amides is 2. The van der Waals surface area contributed by atoms with E-state index in [4.69, 9.17) is 0 Å². The van der Waals surface area contributed by atoms with Crippen molar-refractivity contribution in [2.24, 2.45) is 0 Å². The average Bonchev–Trinajstić information content (AvgIpc) is 3.32. The van der Waals surface area contributed by atoms with E-state index in [1.165, 1.54) is 67.9 Å². The summed E-state index contributed by atoms with van der Waals surface area (Å²) in [6, 6.07) is 9.03. The second kappa shape index (κ2) is 8.09. The molecule has 1 aromatic heterocycles. The summed E-state index contributed by atoms with van der Waals surface area (Å²) in [5.74, 6) is 0.587. The predicted octanol–water partition coefficient (Wildman–Crippen LogP) is 4.68. The number of urea groups is 1. The number of aryl methyl sites for hydroxylation is 1. The van der Waals surface area contributed by atoms with Gasteiger partial charge in [0.15, 0.2) is 0 Å². The summed E-state index contributed by atoms with van der Waals surface area (Å²) in [6.45, 7) is 8.16. The van der Waals surface area contributed by atoms with E-state index in [0.29, 0.717) is 5.92 Å². The topological polar surface area (TPSA) is 49.7 Å². The number of benzene rings is 1. The second-order valence-electron chi connectivity index (χ2n) is 8.66. The monoisotopic (exact) mass is 409 g/mol. The minimum atomic E-state index is -0.243. The van der Waals surface area contributed by atoms with Crippen molar-refractivity contribution in [2.75, 3.05) is 31.5 Å². The molecule has 2 fully saturated rings. The Morgan fingerprint density at radius 1 is 1.10 bits per heavy atom. The lowest BCUT2D eigenvalue weighted by molar-refractivity contribution is 0.0849. The number of nitrogens with zero attached hydrogens (tertiary/aromatic N) is 3. The minimum absolute atomic E-state index is 0.243. The number of nitrogens with one attached hydrogen (secondary N) is 1. The molecule has 29 heavy (non-hydrogen) atoms. The third kappa shape index (κ3) is 4.06. The van der Waals surface area contributed by atoms with Crippen molar-refractivity contribution < 1.29 is 4.79 Å². The van der Waals surface area contributed by atoms with Gasteiger partial charge in [-0.1, -0.05) is 6.07 Å². The van der Waals surface area contributed by atoms with Crippen molar-refractivity contribution in [3.05, 3.63) is 45.6 Å². The van der Waals surface area contributed by atoms with E-state index in [-0.39, 0.29) is 6.03 Å². The van der Waals surface area contributed by atoms with Gasteiger partial charge in [0.25, 0.3) is 0 Å². The van der Waals surface area contributed by atoms with E-state index in [1.54, 1.807) is 0 Å². The van der Waals surface area contributed by atoms with Gasteiger partial charge in [0.2, 0.25) is 0 Å². The molecule has 2 saturated heterocycles. The van der Waals surface area contributed by atoms with Crippen LogP contribution in [0.25, 0.3) is 0 Å². The molecule has 0 saturated carbocycles. The summed E-state index contributed by atoms with van der Waals surface area (Å²) in [5.41, 5.74) is 4.44. The van der Waals surface area contributed by atoms with Gasteiger partial charge in [0.1, 0.15) is 0 Å². The zero-order valence-corrected chi connectivity index (χ0v) is 17.9. The molecular weight excluding hydrogens is 380 g/mol. The molecule has 153 valence electrons. The number of fused-ring (bicyclic) bond motifs is 1. The highest BCUT2D eigenvalue weighted by atomic mass is 32.1. The van der Waals surface area contributed by atoms with Gasteiger partial charge in [0.05, 0.1) is 11.4 Å². The van der Waals surface area contributed by atoms with E-state index in [1.807, 2.05) is 17.4 Å². The first-order valence-corrected chi connectivity index (χ1v) is 11.7. The van der Waals surface area contributed by atoms with Gasteiger partial charge in [-0.2, -0.15) is 5.32 Å². The van der Waals surface area contributed by atoms with Gasteiger partial charge < -0.3 is 10.2 Å². The highest BCUT2D eigenvalue weighted by Crippen LogP contribution is 2.36. The molecule has 0 spiro atoms. The van der Waals surface area contributed by atoms with Crippen molar-refractivity contribution in [3.63, 3.8) is 0 Å². The van der Waals surface area contributed by atoms with E-state index in [0.717, 1.165) is 24.0 Å². The molecular formula is C23H29N4OS. The van der Waals surface area contributed by atoms with Crippen molar-refractivity contribution in [1.29, 1.82) is 0 Å². The molecule has 1 aromatic carbocycles. The summed E-state index contributed by atoms with van der Waals surface area (Å²) < 4.78 is 0. The molecule has 1 N–H and O–H groups in total. The third-order valence-corrected chi connectivity index (χ3v) is 7.90. The number of hydrogen-bond acceptors (Lipinski definition) is 4. The first-order valence-electron chi connectivity index (χ1n) is 10.8. The van der Waals surface area contributed by atoms with E-state index < -0.39 is 0 Å². The van der Waals surface area contributed by atoms with Gasteiger partial charge in [0, 0.05) is 30.6 Å². The predicted molar refractivity (Wildman–Crippen MR) is 118 cm³/mol. The quantitative estimate of drug-likeness (QED) is 0.797. The molecule has 5 nitrogen and oxygen atoms in total. The molecule has 3 aliphatic heterocycles. The Morgan fingerprint density at radius 2 is 1.90 bits per heavy atom. The Morgan fingerprint density at radius 3 is 2.62 bits per heavy atom. The fourth-order valence-electron chi connectivity index (χ4n) is 5.06. The fraction of sp³-hybridized carbons (Fsp3) is 0.522. The highest BCUT2D eigenvalue weighted by molar-refractivity contribution is 7.10. The maximum absolute atomic E-state index is 11.4. The minimum Gasteiger partial charge on any atom is -0.304 e. The van der Waals surface area contributed by atoms with E-state index in [9.17, 15) is 4.79 Å². The summed E-state index contributed by atoms with van der Waals surface area (Å²) in [7, 11) is 0. The van der Waals surface area contributed by atoms with Crippen LogP contribution >= 0.6 is 11.3 Å². The lowest BCUT2D eigenvalue weighted by Gasteiger charge is -2.42. The normalized spacial score (nSPS) is 21.8. The molecule has 0 bridgehead atoms. The van der Waals surface area contributed by atoms with E-state index >= 15 is 0 Å². The average molecular weight is 410 g/mol. The molecule has 3 aliphatic rings. The number of thiophene rings is 1. The Hall–Kier alpha value is -1.89. The Labute approximate surface area is 177 Å². The highest BCUT2D eigenvalue weighted by Gasteiger charge is 2.29. The van der Waals surface area contributed by atoms with Gasteiger partial charge in [-0.3, -0.25) is 4.90 Å². The molecule has 2 amide bonds. The number of carbonyl (C=O) groups excluding carboxylic acids is 1. The van der Waals surface area contributed by atoms with Gasteiger partial charge >= 0.3 is 6.03 Å². The van der Waals surface area contributed by atoms with Gasteiger partial charge in [-0.25, -0.2) is 4.79 Å². The maximum Gasteiger partial charge on any atom is 0.346 e. The molecule has 6 heteroatoms. The van der Waals surface area contributed by atoms with Crippen LogP contribution in [-0.2, 0) is 6.54 Å². The van der Waals surface area contributed by atoms with Crippen LogP contribution in [0.1, 0.15) is 47.6 Å². The number of likely N-dealkylation sites (tertiary alicyclic amines) is 2. The number of carbonyl (C=O) groups is 1. The number of hydrogen-bond donors (Lipinski definition) is 1. The van der Waals surface area contributed by atoms with Crippen LogP contribution in [0.15, 0.2) is 29.6 Å². The number of piperidine rings is 2. The molecule has 0 aliphatic carbocycles. The van der Waals surface area contributed by atoms with Crippen molar-refractivity contribution >= 4 is 28.7 Å². The fourth-order valence-corrected chi connectivity index (χ4v) is 6.01. The standard InChI is InChI=1S/C23H29N4OS/c1-16-8-13-29-22(16)15-26-9-6-19(7-10-26)27-11-4-17(5-12-27)18-2-3-20-21(14-18)25-23(28)24-20/h2-3,8,13-14,17,19H,4-7,9-12,15H2,1H3,(H,24,28). The Kier molecular flexibility index (Phi) is 5.33. The lowest BCUT2D eigenvalue weighted by atomic mass is 9.87. The third-order valence-electron chi connectivity index (χ3n) is 6.90. The van der Waals surface area contributed by atoms with Crippen LogP contribution in [-0.4, -0.2) is 48.1 Å². The van der Waals surface area contributed by atoms with Crippen LogP contribution in [0.2, 0.25) is 0 Å². The smallest absolute Gasteiger partial charge is 0.304 e. The zero-order chi connectivity index (χ0) is 19.8. The summed E-state index contributed by atoms with van der Waals surface area (Å²) >= 11 is 1.90. The molecule has 2 aromatic rings. The van der Waals surface area contributed by atoms with Crippen molar-refractivity contribution in [3.8, 4) is 0 Å². The molecule has 1 radical (unpaired) electrons. The maximum atomic E-state index is 11.4. The van der Waals surface area contributed by atoms with Crippen LogP contribution in [0.4, 0.5) is 16.2 Å². The first kappa shape index (κ1) is 19.1. The van der Waals surface area contributed by atoms with E-state index in [2.05, 4.69) is 50.9 Å². The number of rotatable bonds is 4. The number of anilines is 1. The molecule has 0 unspecified atom stereocenters. The Balaban J connectivity index is 1.12. The van der Waals surface area contributed by atoms with Crippen LogP contribution < -0.4 is 10.6 Å². The first-order chi connectivity index (χ1) is 14.2. The largest absolute Gasteiger partial charge is 0.346 e. The summed E-state index contributed by atoms with van der Waals surface area (Å²) in [4.78, 5) is 18.3. The SMILES string of the molecule is Cc1ccsc1CN1CCC(N2CCC(c3ccc4c(c3)[N]C(=O)N4)CC2)CC1. The van der Waals surface area contributed by atoms with Crippen molar-refractivity contribution in [1.82, 2.24) is 15.1 Å². The van der Waals surface area contributed by atoms with Crippen LogP contribution in [0.5, 0.6) is 0 Å². The molecule has 5 rings (SSSR count). The lowest BCUT2D eigenvalue weighted by Crippen LogP contribution is -2.47. The van der Waals surface area contributed by atoms with Crippen LogP contribution in [0, 0.1) is 6.92 Å². The van der Waals surface area contributed by atoms with Crippen LogP contribution in [0.3, 0.4) is 0 Å². The van der Waals surface area contributed by atoms with Crippen molar-refractivity contribution in [2.45, 2.75) is 51.1 Å².